The van der Waals surface area contributed by atoms with E-state index in [9.17, 15) is 5.26 Å². The molecule has 1 aromatic heterocycles. The highest BCUT2D eigenvalue weighted by Gasteiger charge is 2.11. The van der Waals surface area contributed by atoms with Crippen LogP contribution in [0.4, 0.5) is 5.82 Å². The predicted octanol–water partition coefficient (Wildman–Crippen LogP) is 3.17. The van der Waals surface area contributed by atoms with Crippen molar-refractivity contribution in [3.8, 4) is 17.2 Å². The van der Waals surface area contributed by atoms with Crippen LogP contribution in [0.2, 0.25) is 0 Å². The van der Waals surface area contributed by atoms with Crippen LogP contribution in [0.3, 0.4) is 0 Å². The highest BCUT2D eigenvalue weighted by atomic mass is 16.5. The summed E-state index contributed by atoms with van der Waals surface area (Å²) in [6, 6.07) is 10.2. The molecule has 4 heteroatoms. The van der Waals surface area contributed by atoms with Gasteiger partial charge in [-0.2, -0.15) is 5.26 Å². The fraction of sp³-hybridized carbons (Fsp3) is 0.143. The Morgan fingerprint density at radius 2 is 2.06 bits per heavy atom. The summed E-state index contributed by atoms with van der Waals surface area (Å²) in [4.78, 5) is 7.01. The monoisotopic (exact) mass is 239 g/mol. The largest absolute Gasteiger partial charge is 0.486 e. The van der Waals surface area contributed by atoms with Gasteiger partial charge in [0.15, 0.2) is 12.2 Å². The molecule has 0 radical (unpaired) electrons. The molecule has 1 aromatic carbocycles. The first-order valence-corrected chi connectivity index (χ1v) is 5.50. The van der Waals surface area contributed by atoms with Gasteiger partial charge in [-0.3, -0.25) is 0 Å². The average molecular weight is 239 g/mol. The molecule has 0 saturated heterocycles. The number of H-pyrrole nitrogens is 1. The smallest absolute Gasteiger partial charge is 0.175 e. The van der Waals surface area contributed by atoms with Crippen molar-refractivity contribution in [3.63, 3.8) is 0 Å². The number of aliphatic imine (C=N–C) groups is 1. The lowest BCUT2D eigenvalue weighted by Crippen LogP contribution is -1.81. The lowest BCUT2D eigenvalue weighted by atomic mass is 10.0. The molecule has 1 heterocycles. The van der Waals surface area contributed by atoms with Gasteiger partial charge in [-0.1, -0.05) is 29.8 Å². The Labute approximate surface area is 106 Å². The van der Waals surface area contributed by atoms with Crippen LogP contribution in [-0.2, 0) is 4.74 Å². The maximum atomic E-state index is 9.22. The van der Waals surface area contributed by atoms with Gasteiger partial charge in [-0.15, -0.1) is 0 Å². The van der Waals surface area contributed by atoms with Gasteiger partial charge in [-0.05, 0) is 12.5 Å². The number of methoxy groups -OCH3 is 1. The van der Waals surface area contributed by atoms with Crippen LogP contribution in [-0.4, -0.2) is 18.5 Å². The van der Waals surface area contributed by atoms with E-state index in [0.29, 0.717) is 11.4 Å². The third-order valence-corrected chi connectivity index (χ3v) is 2.62. The topological polar surface area (TPSA) is 61.2 Å². The van der Waals surface area contributed by atoms with Crippen LogP contribution in [0, 0.1) is 18.3 Å². The zero-order valence-electron chi connectivity index (χ0n) is 10.3. The molecule has 0 aliphatic carbocycles. The van der Waals surface area contributed by atoms with E-state index in [1.54, 1.807) is 6.20 Å². The van der Waals surface area contributed by atoms with E-state index in [0.717, 1.165) is 11.1 Å². The Morgan fingerprint density at radius 3 is 2.67 bits per heavy atom. The number of hydrogen-bond donors (Lipinski definition) is 1. The van der Waals surface area contributed by atoms with Crippen LogP contribution in [0.1, 0.15) is 11.1 Å². The van der Waals surface area contributed by atoms with Gasteiger partial charge < -0.3 is 9.72 Å². The van der Waals surface area contributed by atoms with Crippen molar-refractivity contribution in [2.75, 3.05) is 7.11 Å². The number of aryl methyl sites for hydroxylation is 1. The molecule has 18 heavy (non-hydrogen) atoms. The molecule has 2 aromatic rings. The van der Waals surface area contributed by atoms with E-state index in [-0.39, 0.29) is 0 Å². The highest BCUT2D eigenvalue weighted by molar-refractivity contribution is 5.77. The van der Waals surface area contributed by atoms with Crippen molar-refractivity contribution in [1.82, 2.24) is 4.98 Å². The van der Waals surface area contributed by atoms with Crippen LogP contribution in [0.15, 0.2) is 35.5 Å². The number of benzene rings is 1. The third kappa shape index (κ3) is 2.25. The zero-order valence-corrected chi connectivity index (χ0v) is 10.3. The van der Waals surface area contributed by atoms with E-state index in [1.165, 1.54) is 19.1 Å². The summed E-state index contributed by atoms with van der Waals surface area (Å²) in [5, 5.41) is 9.22. The number of hydrogen-bond acceptors (Lipinski definition) is 3. The zero-order chi connectivity index (χ0) is 13.0. The first-order valence-electron chi connectivity index (χ1n) is 5.50. The van der Waals surface area contributed by atoms with Gasteiger partial charge in [0.2, 0.25) is 0 Å². The standard InChI is InChI=1S/C14H13N3O/c1-10-3-5-11(6-4-10)13-8-16-14(12(13)7-15)17-9-18-2/h3-6,8-9,16H,1-2H3. The van der Waals surface area contributed by atoms with Crippen LogP contribution in [0.5, 0.6) is 0 Å². The first-order chi connectivity index (χ1) is 8.76. The molecule has 4 nitrogen and oxygen atoms in total. The Bertz CT molecular complexity index is 603. The van der Waals surface area contributed by atoms with E-state index < -0.39 is 0 Å². The van der Waals surface area contributed by atoms with Crippen molar-refractivity contribution in [2.45, 2.75) is 6.92 Å². The Hall–Kier alpha value is -2.54. The SMILES string of the molecule is COC=Nc1[nH]cc(-c2ccc(C)cc2)c1C#N. The molecule has 0 saturated carbocycles. The molecule has 2 rings (SSSR count). The number of rotatable bonds is 3. The van der Waals surface area contributed by atoms with Gasteiger partial charge in [-0.25, -0.2) is 4.99 Å². The molecule has 0 fully saturated rings. The molecule has 90 valence electrons. The summed E-state index contributed by atoms with van der Waals surface area (Å²) in [6.45, 7) is 2.03. The third-order valence-electron chi connectivity index (χ3n) is 2.62. The van der Waals surface area contributed by atoms with Gasteiger partial charge >= 0.3 is 0 Å². The van der Waals surface area contributed by atoms with Crippen molar-refractivity contribution in [2.24, 2.45) is 4.99 Å². The molecular weight excluding hydrogens is 226 g/mol. The second-order valence-electron chi connectivity index (χ2n) is 3.87. The highest BCUT2D eigenvalue weighted by Crippen LogP contribution is 2.30. The van der Waals surface area contributed by atoms with Gasteiger partial charge in [0, 0.05) is 11.8 Å². The second kappa shape index (κ2) is 5.19. The maximum absolute atomic E-state index is 9.22. The number of nitrogens with one attached hydrogen (secondary N) is 1. The first kappa shape index (κ1) is 11.9. The van der Waals surface area contributed by atoms with Crippen molar-refractivity contribution >= 4 is 12.2 Å². The van der Waals surface area contributed by atoms with Crippen LogP contribution in [0.25, 0.3) is 11.1 Å². The van der Waals surface area contributed by atoms with Crippen LogP contribution < -0.4 is 0 Å². The maximum Gasteiger partial charge on any atom is 0.175 e. The van der Waals surface area contributed by atoms with E-state index in [4.69, 9.17) is 4.74 Å². The average Bonchev–Trinajstić information content (AvgIpc) is 2.80. The summed E-state index contributed by atoms with van der Waals surface area (Å²) in [5.41, 5.74) is 3.55. The Kier molecular flexibility index (Phi) is 3.44. The number of aromatic amines is 1. The summed E-state index contributed by atoms with van der Waals surface area (Å²) < 4.78 is 4.75. The van der Waals surface area contributed by atoms with Crippen LogP contribution >= 0.6 is 0 Å². The van der Waals surface area contributed by atoms with E-state index in [2.05, 4.69) is 16.0 Å². The quantitative estimate of drug-likeness (QED) is 0.660. The molecule has 0 unspecified atom stereocenters. The molecule has 1 N–H and O–H groups in total. The minimum atomic E-state index is 0.509. The Morgan fingerprint density at radius 1 is 1.33 bits per heavy atom. The molecule has 0 aliphatic heterocycles. The minimum Gasteiger partial charge on any atom is -0.486 e. The number of nitrogens with zero attached hydrogens (tertiary/aromatic N) is 2. The number of ether oxygens (including phenoxy) is 1. The summed E-state index contributed by atoms with van der Waals surface area (Å²) >= 11 is 0. The van der Waals surface area contributed by atoms with E-state index >= 15 is 0 Å². The number of aromatic nitrogens is 1. The normalized spacial score (nSPS) is 10.5. The van der Waals surface area contributed by atoms with Gasteiger partial charge in [0.05, 0.1) is 7.11 Å². The molecule has 0 spiro atoms. The fourth-order valence-electron chi connectivity index (χ4n) is 1.69. The molecule has 0 aliphatic rings. The summed E-state index contributed by atoms with van der Waals surface area (Å²) in [5.74, 6) is 0.509. The van der Waals surface area contributed by atoms with Gasteiger partial charge in [0.1, 0.15) is 11.6 Å². The summed E-state index contributed by atoms with van der Waals surface area (Å²) in [6.07, 6.45) is 3.08. The van der Waals surface area contributed by atoms with E-state index in [1.807, 2.05) is 31.2 Å². The molecule has 0 bridgehead atoms. The number of nitriles is 1. The summed E-state index contributed by atoms with van der Waals surface area (Å²) in [7, 11) is 1.51. The predicted molar refractivity (Wildman–Crippen MR) is 70.8 cm³/mol. The van der Waals surface area contributed by atoms with Crippen molar-refractivity contribution in [3.05, 3.63) is 41.6 Å². The van der Waals surface area contributed by atoms with Crippen molar-refractivity contribution in [1.29, 1.82) is 5.26 Å². The fourth-order valence-corrected chi connectivity index (χ4v) is 1.69. The molecular formula is C14H13N3O. The lowest BCUT2D eigenvalue weighted by molar-refractivity contribution is 0.423. The van der Waals surface area contributed by atoms with Gasteiger partial charge in [0.25, 0.3) is 0 Å². The second-order valence-corrected chi connectivity index (χ2v) is 3.87. The molecule has 0 atom stereocenters. The minimum absolute atomic E-state index is 0.509. The lowest BCUT2D eigenvalue weighted by Gasteiger charge is -1.99. The molecule has 0 amide bonds. The Balaban J connectivity index is 2.46. The van der Waals surface area contributed by atoms with Crippen molar-refractivity contribution < 1.29 is 4.74 Å².